The zero-order valence-corrected chi connectivity index (χ0v) is 16.0. The van der Waals surface area contributed by atoms with Gasteiger partial charge in [-0.15, -0.1) is 11.3 Å². The number of nitrogens with zero attached hydrogens (tertiary/aromatic N) is 3. The molecule has 2 aromatic heterocycles. The van der Waals surface area contributed by atoms with Crippen LogP contribution in [0.5, 0.6) is 0 Å². The summed E-state index contributed by atoms with van der Waals surface area (Å²) in [6, 6.07) is 4.27. The lowest BCUT2D eigenvalue weighted by Gasteiger charge is -2.21. The Morgan fingerprint density at radius 2 is 2.00 bits per heavy atom. The SMILES string of the molecule is c1cc(-c2nc(COC3CCCCO3)no2)sc1CN1CCCCCC1. The Kier molecular flexibility index (Phi) is 6.32. The normalized spacial score (nSPS) is 22.4. The summed E-state index contributed by atoms with van der Waals surface area (Å²) >= 11 is 1.74. The molecule has 4 heterocycles. The molecule has 2 saturated heterocycles. The Hall–Kier alpha value is -1.28. The molecular formula is C19H27N3O3S. The van der Waals surface area contributed by atoms with Crippen LogP contribution in [0.1, 0.15) is 55.6 Å². The highest BCUT2D eigenvalue weighted by Gasteiger charge is 2.17. The van der Waals surface area contributed by atoms with E-state index in [-0.39, 0.29) is 6.29 Å². The number of hydrogen-bond donors (Lipinski definition) is 0. The molecule has 0 aromatic carbocycles. The molecule has 142 valence electrons. The Morgan fingerprint density at radius 3 is 2.81 bits per heavy atom. The summed E-state index contributed by atoms with van der Waals surface area (Å²) in [5, 5.41) is 4.04. The molecule has 1 unspecified atom stereocenters. The maximum Gasteiger partial charge on any atom is 0.268 e. The standard InChI is InChI=1S/C19H27N3O3S/c1-2-5-11-22(10-4-1)13-15-8-9-16(26-15)19-20-17(21-25-19)14-24-18-7-3-6-12-23-18/h8-9,18H,1-7,10-14H2. The van der Waals surface area contributed by atoms with E-state index in [4.69, 9.17) is 14.0 Å². The van der Waals surface area contributed by atoms with Gasteiger partial charge in [0.05, 0.1) is 4.88 Å². The van der Waals surface area contributed by atoms with Crippen LogP contribution < -0.4 is 0 Å². The lowest BCUT2D eigenvalue weighted by molar-refractivity contribution is -0.170. The van der Waals surface area contributed by atoms with Crippen molar-refractivity contribution in [1.29, 1.82) is 0 Å². The van der Waals surface area contributed by atoms with Gasteiger partial charge in [0.1, 0.15) is 6.61 Å². The Bertz CT molecular complexity index is 673. The minimum atomic E-state index is -0.132. The first-order chi connectivity index (χ1) is 12.9. The van der Waals surface area contributed by atoms with Crippen molar-refractivity contribution in [2.24, 2.45) is 0 Å². The Labute approximate surface area is 158 Å². The first-order valence-corrected chi connectivity index (χ1v) is 10.6. The summed E-state index contributed by atoms with van der Waals surface area (Å²) in [7, 11) is 0. The Morgan fingerprint density at radius 1 is 1.12 bits per heavy atom. The topological polar surface area (TPSA) is 60.6 Å². The zero-order chi connectivity index (χ0) is 17.6. The van der Waals surface area contributed by atoms with Crippen molar-refractivity contribution in [3.05, 3.63) is 22.8 Å². The van der Waals surface area contributed by atoms with Gasteiger partial charge in [0.25, 0.3) is 5.89 Å². The quantitative estimate of drug-likeness (QED) is 0.751. The van der Waals surface area contributed by atoms with E-state index < -0.39 is 0 Å². The number of ether oxygens (including phenoxy) is 2. The molecule has 0 spiro atoms. The number of aromatic nitrogens is 2. The van der Waals surface area contributed by atoms with E-state index in [1.807, 2.05) is 0 Å². The van der Waals surface area contributed by atoms with E-state index in [2.05, 4.69) is 27.2 Å². The average Bonchev–Trinajstić information content (AvgIpc) is 3.25. The van der Waals surface area contributed by atoms with Crippen LogP contribution in [0.3, 0.4) is 0 Å². The van der Waals surface area contributed by atoms with Crippen molar-refractivity contribution >= 4 is 11.3 Å². The predicted octanol–water partition coefficient (Wildman–Crippen LogP) is 4.22. The van der Waals surface area contributed by atoms with Gasteiger partial charge in [0.2, 0.25) is 0 Å². The molecule has 6 nitrogen and oxygen atoms in total. The van der Waals surface area contributed by atoms with Crippen molar-refractivity contribution in [2.75, 3.05) is 19.7 Å². The molecule has 0 radical (unpaired) electrons. The smallest absolute Gasteiger partial charge is 0.268 e. The largest absolute Gasteiger partial charge is 0.353 e. The fraction of sp³-hybridized carbons (Fsp3) is 0.684. The molecule has 0 N–H and O–H groups in total. The molecule has 0 bridgehead atoms. The van der Waals surface area contributed by atoms with Gasteiger partial charge in [-0.2, -0.15) is 4.98 Å². The number of thiophene rings is 1. The molecule has 2 aliphatic rings. The molecular weight excluding hydrogens is 350 g/mol. The summed E-state index contributed by atoms with van der Waals surface area (Å²) in [6.07, 6.45) is 8.44. The van der Waals surface area contributed by atoms with Gasteiger partial charge in [-0.05, 0) is 57.3 Å². The molecule has 4 rings (SSSR count). The van der Waals surface area contributed by atoms with Crippen LogP contribution in [0.2, 0.25) is 0 Å². The van der Waals surface area contributed by atoms with Crippen LogP contribution in [0.15, 0.2) is 16.7 Å². The molecule has 2 fully saturated rings. The van der Waals surface area contributed by atoms with Crippen LogP contribution >= 0.6 is 11.3 Å². The molecule has 0 saturated carbocycles. The van der Waals surface area contributed by atoms with Gasteiger partial charge >= 0.3 is 0 Å². The second-order valence-electron chi connectivity index (χ2n) is 7.08. The number of hydrogen-bond acceptors (Lipinski definition) is 7. The molecule has 7 heteroatoms. The third-order valence-electron chi connectivity index (χ3n) is 4.95. The highest BCUT2D eigenvalue weighted by Crippen LogP contribution is 2.28. The van der Waals surface area contributed by atoms with Gasteiger partial charge in [-0.25, -0.2) is 0 Å². The van der Waals surface area contributed by atoms with Crippen molar-refractivity contribution in [2.45, 2.75) is 64.4 Å². The maximum absolute atomic E-state index is 5.73. The molecule has 2 aliphatic heterocycles. The lowest BCUT2D eigenvalue weighted by atomic mass is 10.2. The monoisotopic (exact) mass is 377 g/mol. The van der Waals surface area contributed by atoms with Gasteiger partial charge in [-0.3, -0.25) is 4.90 Å². The highest BCUT2D eigenvalue weighted by molar-refractivity contribution is 7.15. The van der Waals surface area contributed by atoms with E-state index in [0.717, 1.165) is 37.3 Å². The summed E-state index contributed by atoms with van der Waals surface area (Å²) in [4.78, 5) is 9.42. The molecule has 0 amide bonds. The zero-order valence-electron chi connectivity index (χ0n) is 15.2. The van der Waals surface area contributed by atoms with Crippen molar-refractivity contribution < 1.29 is 14.0 Å². The maximum atomic E-state index is 5.73. The van der Waals surface area contributed by atoms with Crippen molar-refractivity contribution in [3.8, 4) is 10.8 Å². The van der Waals surface area contributed by atoms with Gasteiger partial charge in [-0.1, -0.05) is 18.0 Å². The first-order valence-electron chi connectivity index (χ1n) is 9.74. The second-order valence-corrected chi connectivity index (χ2v) is 8.25. The molecule has 2 aromatic rings. The van der Waals surface area contributed by atoms with E-state index in [9.17, 15) is 0 Å². The van der Waals surface area contributed by atoms with E-state index in [1.165, 1.54) is 43.6 Å². The molecule has 1 atom stereocenters. The fourth-order valence-electron chi connectivity index (χ4n) is 3.52. The molecule has 0 aliphatic carbocycles. The third-order valence-corrected chi connectivity index (χ3v) is 6.01. The van der Waals surface area contributed by atoms with Gasteiger partial charge in [0.15, 0.2) is 12.1 Å². The Balaban J connectivity index is 1.31. The van der Waals surface area contributed by atoms with Crippen LogP contribution in [0, 0.1) is 0 Å². The second kappa shape index (κ2) is 9.08. The van der Waals surface area contributed by atoms with Crippen LogP contribution in [-0.4, -0.2) is 41.0 Å². The van der Waals surface area contributed by atoms with Crippen molar-refractivity contribution in [1.82, 2.24) is 15.0 Å². The minimum Gasteiger partial charge on any atom is -0.353 e. The van der Waals surface area contributed by atoms with Crippen LogP contribution in [0.4, 0.5) is 0 Å². The van der Waals surface area contributed by atoms with Gasteiger partial charge < -0.3 is 14.0 Å². The minimum absolute atomic E-state index is 0.132. The average molecular weight is 378 g/mol. The van der Waals surface area contributed by atoms with Crippen LogP contribution in [0.25, 0.3) is 10.8 Å². The van der Waals surface area contributed by atoms with Crippen LogP contribution in [-0.2, 0) is 22.6 Å². The number of likely N-dealkylation sites (tertiary alicyclic amines) is 1. The van der Waals surface area contributed by atoms with Gasteiger partial charge in [0, 0.05) is 18.0 Å². The number of rotatable bonds is 6. The van der Waals surface area contributed by atoms with E-state index >= 15 is 0 Å². The highest BCUT2D eigenvalue weighted by atomic mass is 32.1. The van der Waals surface area contributed by atoms with E-state index in [0.29, 0.717) is 18.3 Å². The first kappa shape index (κ1) is 18.1. The third kappa shape index (κ3) is 4.91. The van der Waals surface area contributed by atoms with Crippen molar-refractivity contribution in [3.63, 3.8) is 0 Å². The predicted molar refractivity (Wildman–Crippen MR) is 99.7 cm³/mol. The van der Waals surface area contributed by atoms with E-state index in [1.54, 1.807) is 11.3 Å². The molecule has 26 heavy (non-hydrogen) atoms. The lowest BCUT2D eigenvalue weighted by Crippen LogP contribution is -2.23. The fourth-order valence-corrected chi connectivity index (χ4v) is 4.49. The summed E-state index contributed by atoms with van der Waals surface area (Å²) in [5.41, 5.74) is 0. The summed E-state index contributed by atoms with van der Waals surface area (Å²) in [5.74, 6) is 1.16. The summed E-state index contributed by atoms with van der Waals surface area (Å²) < 4.78 is 16.7. The summed E-state index contributed by atoms with van der Waals surface area (Å²) in [6.45, 7) is 4.54.